The zero-order chi connectivity index (χ0) is 21.0. The molecule has 3 aromatic rings. The van der Waals surface area contributed by atoms with Gasteiger partial charge in [0, 0.05) is 31.1 Å². The van der Waals surface area contributed by atoms with E-state index in [4.69, 9.17) is 4.74 Å². The average Bonchev–Trinajstić information content (AvgIpc) is 2.73. The SMILES string of the molecule is COCCn1cnc2ccc(NC(=O)N(C)c3cccc(C(C)=O)c3)cc2c1=O. The largest absolute Gasteiger partial charge is 0.383 e. The summed E-state index contributed by atoms with van der Waals surface area (Å²) in [4.78, 5) is 42.5. The second kappa shape index (κ2) is 8.66. The van der Waals surface area contributed by atoms with Crippen LogP contribution >= 0.6 is 0 Å². The van der Waals surface area contributed by atoms with Crippen LogP contribution in [0.2, 0.25) is 0 Å². The van der Waals surface area contributed by atoms with Gasteiger partial charge in [0.15, 0.2) is 5.78 Å². The Morgan fingerprint density at radius 1 is 1.21 bits per heavy atom. The zero-order valence-corrected chi connectivity index (χ0v) is 16.5. The van der Waals surface area contributed by atoms with Crippen molar-refractivity contribution in [3.63, 3.8) is 0 Å². The van der Waals surface area contributed by atoms with Crippen LogP contribution < -0.4 is 15.8 Å². The molecule has 8 heteroatoms. The summed E-state index contributed by atoms with van der Waals surface area (Å²) in [5.74, 6) is -0.0764. The minimum atomic E-state index is -0.395. The Kier molecular flexibility index (Phi) is 6.04. The Balaban J connectivity index is 1.84. The first-order valence-corrected chi connectivity index (χ1v) is 9.04. The molecular formula is C21H22N4O4. The molecule has 1 N–H and O–H groups in total. The van der Waals surface area contributed by atoms with E-state index < -0.39 is 6.03 Å². The summed E-state index contributed by atoms with van der Waals surface area (Å²) in [5, 5.41) is 3.18. The number of carbonyl (C=O) groups excluding carboxylic acids is 2. The van der Waals surface area contributed by atoms with Gasteiger partial charge in [-0.15, -0.1) is 0 Å². The zero-order valence-electron chi connectivity index (χ0n) is 16.5. The lowest BCUT2D eigenvalue weighted by atomic mass is 10.1. The smallest absolute Gasteiger partial charge is 0.326 e. The van der Waals surface area contributed by atoms with E-state index in [9.17, 15) is 14.4 Å². The monoisotopic (exact) mass is 394 g/mol. The van der Waals surface area contributed by atoms with Crippen molar-refractivity contribution in [2.75, 3.05) is 31.0 Å². The van der Waals surface area contributed by atoms with Crippen molar-refractivity contribution in [2.45, 2.75) is 13.5 Å². The highest BCUT2D eigenvalue weighted by Gasteiger charge is 2.13. The molecule has 1 aromatic heterocycles. The van der Waals surface area contributed by atoms with E-state index in [1.807, 2.05) is 0 Å². The van der Waals surface area contributed by atoms with Gasteiger partial charge in [-0.2, -0.15) is 0 Å². The van der Waals surface area contributed by atoms with Gasteiger partial charge in [0.05, 0.1) is 30.4 Å². The minimum absolute atomic E-state index is 0.0764. The number of ether oxygens (including phenoxy) is 1. The summed E-state index contributed by atoms with van der Waals surface area (Å²) in [6.45, 7) is 2.26. The highest BCUT2D eigenvalue weighted by atomic mass is 16.5. The molecule has 1 heterocycles. The first kappa shape index (κ1) is 20.2. The number of methoxy groups -OCH3 is 1. The fraction of sp³-hybridized carbons (Fsp3) is 0.238. The normalized spacial score (nSPS) is 10.7. The number of rotatable bonds is 6. The molecule has 0 bridgehead atoms. The van der Waals surface area contributed by atoms with E-state index in [1.165, 1.54) is 22.7 Å². The predicted octanol–water partition coefficient (Wildman–Crippen LogP) is 2.91. The summed E-state index contributed by atoms with van der Waals surface area (Å²) >= 11 is 0. The van der Waals surface area contributed by atoms with Crippen LogP contribution in [0.25, 0.3) is 10.9 Å². The maximum atomic E-state index is 12.6. The molecule has 0 aliphatic heterocycles. The Morgan fingerprint density at radius 2 is 2.00 bits per heavy atom. The summed E-state index contributed by atoms with van der Waals surface area (Å²) in [6, 6.07) is 11.4. The van der Waals surface area contributed by atoms with Crippen LogP contribution in [0.4, 0.5) is 16.2 Å². The van der Waals surface area contributed by atoms with Crippen LogP contribution in [0.5, 0.6) is 0 Å². The number of Topliss-reactive ketones (excluding diaryl/α,β-unsaturated/α-hetero) is 1. The Labute approximate surface area is 167 Å². The summed E-state index contributed by atoms with van der Waals surface area (Å²) in [7, 11) is 3.17. The predicted molar refractivity (Wildman–Crippen MR) is 112 cm³/mol. The number of benzene rings is 2. The quantitative estimate of drug-likeness (QED) is 0.649. The van der Waals surface area contributed by atoms with E-state index in [0.717, 1.165) is 0 Å². The van der Waals surface area contributed by atoms with Crippen LogP contribution in [-0.4, -0.2) is 42.1 Å². The number of nitrogens with zero attached hydrogens (tertiary/aromatic N) is 3. The molecule has 3 rings (SSSR count). The van der Waals surface area contributed by atoms with Gasteiger partial charge >= 0.3 is 6.03 Å². The molecule has 0 radical (unpaired) electrons. The number of urea groups is 1. The van der Waals surface area contributed by atoms with Gasteiger partial charge in [0.1, 0.15) is 0 Å². The van der Waals surface area contributed by atoms with Crippen molar-refractivity contribution in [3.8, 4) is 0 Å². The summed E-state index contributed by atoms with van der Waals surface area (Å²) in [5.41, 5.74) is 1.92. The van der Waals surface area contributed by atoms with E-state index in [1.54, 1.807) is 56.6 Å². The minimum Gasteiger partial charge on any atom is -0.383 e. The number of anilines is 2. The van der Waals surface area contributed by atoms with Crippen molar-refractivity contribution >= 4 is 34.1 Å². The van der Waals surface area contributed by atoms with Gasteiger partial charge in [-0.3, -0.25) is 19.1 Å². The number of carbonyl (C=O) groups is 2. The lowest BCUT2D eigenvalue weighted by Crippen LogP contribution is -2.31. The van der Waals surface area contributed by atoms with Crippen molar-refractivity contribution in [3.05, 3.63) is 64.7 Å². The standard InChI is InChI=1S/C21H22N4O4/c1-14(26)15-5-4-6-17(11-15)24(2)21(28)23-16-7-8-19-18(12-16)20(27)25(13-22-19)9-10-29-3/h4-8,11-13H,9-10H2,1-3H3,(H,23,28). The van der Waals surface area contributed by atoms with Gasteiger partial charge in [-0.1, -0.05) is 12.1 Å². The maximum Gasteiger partial charge on any atom is 0.326 e. The molecule has 0 saturated carbocycles. The topological polar surface area (TPSA) is 93.5 Å². The molecule has 0 spiro atoms. The van der Waals surface area contributed by atoms with Crippen molar-refractivity contribution < 1.29 is 14.3 Å². The van der Waals surface area contributed by atoms with Gasteiger partial charge < -0.3 is 10.1 Å². The number of hydrogen-bond donors (Lipinski definition) is 1. The van der Waals surface area contributed by atoms with Gasteiger partial charge in [0.2, 0.25) is 0 Å². The lowest BCUT2D eigenvalue weighted by molar-refractivity contribution is 0.101. The Morgan fingerprint density at radius 3 is 2.72 bits per heavy atom. The Bertz CT molecular complexity index is 1120. The second-order valence-corrected chi connectivity index (χ2v) is 6.56. The maximum absolute atomic E-state index is 12.6. The molecular weight excluding hydrogens is 372 g/mol. The number of hydrogen-bond acceptors (Lipinski definition) is 5. The number of ketones is 1. The van der Waals surface area contributed by atoms with Crippen molar-refractivity contribution in [2.24, 2.45) is 0 Å². The molecule has 0 saturated heterocycles. The third-order valence-corrected chi connectivity index (χ3v) is 4.56. The van der Waals surface area contributed by atoms with Crippen LogP contribution in [-0.2, 0) is 11.3 Å². The van der Waals surface area contributed by atoms with Gasteiger partial charge in [-0.25, -0.2) is 9.78 Å². The molecule has 2 aromatic carbocycles. The first-order chi connectivity index (χ1) is 13.9. The lowest BCUT2D eigenvalue weighted by Gasteiger charge is -2.19. The van der Waals surface area contributed by atoms with E-state index >= 15 is 0 Å². The third-order valence-electron chi connectivity index (χ3n) is 4.56. The average molecular weight is 394 g/mol. The summed E-state index contributed by atoms with van der Waals surface area (Å²) in [6.07, 6.45) is 1.48. The van der Waals surface area contributed by atoms with Crippen LogP contribution in [0, 0.1) is 0 Å². The molecule has 0 aliphatic carbocycles. The molecule has 0 atom stereocenters. The van der Waals surface area contributed by atoms with Crippen molar-refractivity contribution in [1.82, 2.24) is 9.55 Å². The summed E-state index contributed by atoms with van der Waals surface area (Å²) < 4.78 is 6.48. The fourth-order valence-electron chi connectivity index (χ4n) is 2.84. The molecule has 0 aliphatic rings. The number of amides is 2. The number of nitrogens with one attached hydrogen (secondary N) is 1. The highest BCUT2D eigenvalue weighted by Crippen LogP contribution is 2.18. The third kappa shape index (κ3) is 4.49. The number of fused-ring (bicyclic) bond motifs is 1. The van der Waals surface area contributed by atoms with Crippen LogP contribution in [0.1, 0.15) is 17.3 Å². The highest BCUT2D eigenvalue weighted by molar-refractivity contribution is 6.03. The molecule has 8 nitrogen and oxygen atoms in total. The molecule has 0 unspecified atom stereocenters. The fourth-order valence-corrected chi connectivity index (χ4v) is 2.84. The number of aromatic nitrogens is 2. The van der Waals surface area contributed by atoms with Gasteiger partial charge in [-0.05, 0) is 37.3 Å². The van der Waals surface area contributed by atoms with Gasteiger partial charge in [0.25, 0.3) is 5.56 Å². The molecule has 29 heavy (non-hydrogen) atoms. The van der Waals surface area contributed by atoms with Crippen molar-refractivity contribution in [1.29, 1.82) is 0 Å². The molecule has 0 fully saturated rings. The van der Waals surface area contributed by atoms with E-state index in [2.05, 4.69) is 10.3 Å². The van der Waals surface area contributed by atoms with E-state index in [-0.39, 0.29) is 11.3 Å². The first-order valence-electron chi connectivity index (χ1n) is 9.04. The Hall–Kier alpha value is -3.52. The van der Waals surface area contributed by atoms with Crippen LogP contribution in [0.3, 0.4) is 0 Å². The molecule has 2 amide bonds. The second-order valence-electron chi connectivity index (χ2n) is 6.56. The van der Waals surface area contributed by atoms with E-state index in [0.29, 0.717) is 41.0 Å². The molecule has 150 valence electrons. The van der Waals surface area contributed by atoms with Crippen LogP contribution in [0.15, 0.2) is 53.6 Å².